The van der Waals surface area contributed by atoms with Crippen molar-refractivity contribution in [3.8, 4) is 11.1 Å². The maximum absolute atomic E-state index is 13.1. The van der Waals surface area contributed by atoms with Crippen LogP contribution in [0.25, 0.3) is 11.1 Å². The number of hydrogen-bond acceptors (Lipinski definition) is 5. The lowest BCUT2D eigenvalue weighted by Crippen LogP contribution is -2.51. The van der Waals surface area contributed by atoms with Gasteiger partial charge < -0.3 is 20.1 Å². The summed E-state index contributed by atoms with van der Waals surface area (Å²) in [6.45, 7) is 1.98. The standard InChI is InChI=1S/C26H24N2O5S/c1-15(24(29)28-12-10-22-20(11-13-34-22)23(28)25(30)31)27-26(32)33-14-21-18-8-4-2-6-16(18)17-7-3-5-9-19(17)21/h2-9,11,13,15,21,23H,10,12,14H2,1H3,(H,27,32)(H,30,31)/t15-,23?/m0/s1. The molecule has 2 heterocycles. The molecule has 0 spiro atoms. The molecule has 3 aromatic rings. The van der Waals surface area contributed by atoms with E-state index in [1.54, 1.807) is 13.0 Å². The SMILES string of the molecule is C[C@H](NC(=O)OCC1c2ccccc2-c2ccccc21)C(=O)N1CCc2sccc2C1C(=O)O. The van der Waals surface area contributed by atoms with Crippen LogP contribution >= 0.6 is 11.3 Å². The van der Waals surface area contributed by atoms with Crippen molar-refractivity contribution in [3.63, 3.8) is 0 Å². The van der Waals surface area contributed by atoms with Crippen LogP contribution in [0, 0.1) is 0 Å². The van der Waals surface area contributed by atoms with Crippen molar-refractivity contribution < 1.29 is 24.2 Å². The normalized spacial score (nSPS) is 17.3. The number of carboxylic acid groups (broad SMARTS) is 1. The monoisotopic (exact) mass is 476 g/mol. The quantitative estimate of drug-likeness (QED) is 0.576. The Labute approximate surface area is 201 Å². The molecule has 0 radical (unpaired) electrons. The van der Waals surface area contributed by atoms with Gasteiger partial charge in [-0.25, -0.2) is 9.59 Å². The van der Waals surface area contributed by atoms with Gasteiger partial charge in [0.25, 0.3) is 0 Å². The number of alkyl carbamates (subject to hydrolysis) is 1. The summed E-state index contributed by atoms with van der Waals surface area (Å²) in [5.41, 5.74) is 5.11. The topological polar surface area (TPSA) is 95.9 Å². The zero-order chi connectivity index (χ0) is 23.8. The van der Waals surface area contributed by atoms with Crippen LogP contribution in [0.4, 0.5) is 4.79 Å². The number of nitrogens with zero attached hydrogens (tertiary/aromatic N) is 1. The van der Waals surface area contributed by atoms with Crippen molar-refractivity contribution in [2.45, 2.75) is 31.3 Å². The maximum atomic E-state index is 13.1. The predicted octanol–water partition coefficient (Wildman–Crippen LogP) is 4.19. The molecule has 1 aromatic heterocycles. The first kappa shape index (κ1) is 22.2. The van der Waals surface area contributed by atoms with Gasteiger partial charge in [0.2, 0.25) is 5.91 Å². The molecule has 34 heavy (non-hydrogen) atoms. The number of thiophene rings is 1. The van der Waals surface area contributed by atoms with Crippen LogP contribution in [0.5, 0.6) is 0 Å². The third-order valence-electron chi connectivity index (χ3n) is 6.53. The second-order valence-corrected chi connectivity index (χ2v) is 9.51. The largest absolute Gasteiger partial charge is 0.479 e. The zero-order valence-corrected chi connectivity index (χ0v) is 19.4. The van der Waals surface area contributed by atoms with Crippen molar-refractivity contribution in [1.29, 1.82) is 0 Å². The van der Waals surface area contributed by atoms with Gasteiger partial charge in [0.1, 0.15) is 12.6 Å². The molecule has 0 fully saturated rings. The van der Waals surface area contributed by atoms with Gasteiger partial charge in [0, 0.05) is 17.3 Å². The van der Waals surface area contributed by atoms with Crippen LogP contribution in [-0.4, -0.2) is 47.2 Å². The fourth-order valence-corrected chi connectivity index (χ4v) is 5.85. The average molecular weight is 477 g/mol. The van der Waals surface area contributed by atoms with E-state index in [0.717, 1.165) is 27.1 Å². The van der Waals surface area contributed by atoms with Crippen LogP contribution in [0.15, 0.2) is 60.0 Å². The van der Waals surface area contributed by atoms with Crippen LogP contribution in [0.2, 0.25) is 0 Å². The first-order valence-electron chi connectivity index (χ1n) is 11.2. The lowest BCUT2D eigenvalue weighted by atomic mass is 9.98. The minimum atomic E-state index is -1.08. The number of hydrogen-bond donors (Lipinski definition) is 2. The van der Waals surface area contributed by atoms with Gasteiger partial charge in [-0.2, -0.15) is 0 Å². The second-order valence-electron chi connectivity index (χ2n) is 8.51. The van der Waals surface area contributed by atoms with E-state index >= 15 is 0 Å². The van der Waals surface area contributed by atoms with Gasteiger partial charge in [-0.1, -0.05) is 48.5 Å². The summed E-state index contributed by atoms with van der Waals surface area (Å²) in [6, 6.07) is 15.9. The number of aliphatic carboxylic acids is 1. The Balaban J connectivity index is 1.24. The van der Waals surface area contributed by atoms with Crippen molar-refractivity contribution in [3.05, 3.63) is 81.5 Å². The first-order valence-corrected chi connectivity index (χ1v) is 12.0. The minimum Gasteiger partial charge on any atom is -0.479 e. The Morgan fingerprint density at radius 2 is 1.71 bits per heavy atom. The molecule has 2 N–H and O–H groups in total. The summed E-state index contributed by atoms with van der Waals surface area (Å²) >= 11 is 1.50. The molecule has 0 bridgehead atoms. The Morgan fingerprint density at radius 1 is 1.06 bits per heavy atom. The number of amides is 2. The van der Waals surface area contributed by atoms with Gasteiger partial charge in [-0.3, -0.25) is 4.79 Å². The highest BCUT2D eigenvalue weighted by molar-refractivity contribution is 7.10. The molecule has 1 aliphatic heterocycles. The number of benzene rings is 2. The van der Waals surface area contributed by atoms with Gasteiger partial charge >= 0.3 is 12.1 Å². The Kier molecular flexibility index (Phi) is 5.83. The summed E-state index contributed by atoms with van der Waals surface area (Å²) in [5, 5.41) is 14.2. The third-order valence-corrected chi connectivity index (χ3v) is 7.53. The molecular weight excluding hydrogens is 452 g/mol. The fourth-order valence-electron chi connectivity index (χ4n) is 4.95. The number of carbonyl (C=O) groups excluding carboxylic acids is 2. The molecule has 2 aromatic carbocycles. The number of ether oxygens (including phenoxy) is 1. The Hall–Kier alpha value is -3.65. The average Bonchev–Trinajstić information content (AvgIpc) is 3.44. The van der Waals surface area contributed by atoms with Gasteiger partial charge in [0.05, 0.1) is 0 Å². The number of nitrogens with one attached hydrogen (secondary N) is 1. The summed E-state index contributed by atoms with van der Waals surface area (Å²) in [4.78, 5) is 39.9. The molecule has 2 atom stereocenters. The molecule has 2 amide bonds. The summed E-state index contributed by atoms with van der Waals surface area (Å²) in [6.07, 6.45) is -0.108. The molecule has 5 rings (SSSR count). The maximum Gasteiger partial charge on any atom is 0.407 e. The van der Waals surface area contributed by atoms with Crippen LogP contribution in [0.3, 0.4) is 0 Å². The number of carbonyl (C=O) groups is 3. The van der Waals surface area contributed by atoms with E-state index < -0.39 is 30.1 Å². The second kappa shape index (κ2) is 8.95. The number of rotatable bonds is 5. The highest BCUT2D eigenvalue weighted by Gasteiger charge is 2.38. The van der Waals surface area contributed by atoms with Crippen molar-refractivity contribution >= 4 is 29.3 Å². The highest BCUT2D eigenvalue weighted by atomic mass is 32.1. The summed E-state index contributed by atoms with van der Waals surface area (Å²) in [5.74, 6) is -1.61. The number of fused-ring (bicyclic) bond motifs is 4. The van der Waals surface area contributed by atoms with Crippen molar-refractivity contribution in [2.24, 2.45) is 0 Å². The third kappa shape index (κ3) is 3.84. The highest BCUT2D eigenvalue weighted by Crippen LogP contribution is 2.44. The molecule has 0 saturated carbocycles. The predicted molar refractivity (Wildman–Crippen MR) is 128 cm³/mol. The molecule has 1 unspecified atom stereocenters. The van der Waals surface area contributed by atoms with Gasteiger partial charge in [0.15, 0.2) is 6.04 Å². The zero-order valence-electron chi connectivity index (χ0n) is 18.6. The van der Waals surface area contributed by atoms with Gasteiger partial charge in [-0.15, -0.1) is 11.3 Å². The van der Waals surface area contributed by atoms with Crippen LogP contribution < -0.4 is 5.32 Å². The van der Waals surface area contributed by atoms with E-state index in [1.807, 2.05) is 41.8 Å². The van der Waals surface area contributed by atoms with Crippen LogP contribution in [0.1, 0.15) is 40.5 Å². The summed E-state index contributed by atoms with van der Waals surface area (Å²) < 4.78 is 5.53. The Bertz CT molecular complexity index is 1220. The summed E-state index contributed by atoms with van der Waals surface area (Å²) in [7, 11) is 0. The molecule has 0 saturated heterocycles. The molecule has 1 aliphatic carbocycles. The van der Waals surface area contributed by atoms with E-state index in [1.165, 1.54) is 16.2 Å². The van der Waals surface area contributed by atoms with E-state index in [0.29, 0.717) is 18.5 Å². The molecular formula is C26H24N2O5S. The number of carboxylic acids is 1. The lowest BCUT2D eigenvalue weighted by Gasteiger charge is -2.34. The fraction of sp³-hybridized carbons (Fsp3) is 0.269. The van der Waals surface area contributed by atoms with E-state index in [4.69, 9.17) is 4.74 Å². The molecule has 2 aliphatic rings. The Morgan fingerprint density at radius 3 is 2.35 bits per heavy atom. The van der Waals surface area contributed by atoms with Crippen molar-refractivity contribution in [2.75, 3.05) is 13.2 Å². The lowest BCUT2D eigenvalue weighted by molar-refractivity contribution is -0.151. The smallest absolute Gasteiger partial charge is 0.407 e. The molecule has 7 nitrogen and oxygen atoms in total. The minimum absolute atomic E-state index is 0.0837. The van der Waals surface area contributed by atoms with E-state index in [9.17, 15) is 19.5 Å². The molecule has 174 valence electrons. The van der Waals surface area contributed by atoms with E-state index in [-0.39, 0.29) is 12.5 Å². The van der Waals surface area contributed by atoms with Crippen LogP contribution in [-0.2, 0) is 20.7 Å². The first-order chi connectivity index (χ1) is 16.5. The van der Waals surface area contributed by atoms with Gasteiger partial charge in [-0.05, 0) is 52.6 Å². The molecule has 8 heteroatoms. The van der Waals surface area contributed by atoms with Crippen molar-refractivity contribution in [1.82, 2.24) is 10.2 Å². The van der Waals surface area contributed by atoms with E-state index in [2.05, 4.69) is 17.4 Å².